The third kappa shape index (κ3) is 1.51. The standard InChI is InChI=1S/C11H5F5O/c12-6-4-2-1-3-5(6)7-8(13)9(14)11(15,16)10(7)17/h1-4,17H. The van der Waals surface area contributed by atoms with E-state index >= 15 is 0 Å². The summed E-state index contributed by atoms with van der Waals surface area (Å²) in [4.78, 5) is 0. The molecule has 0 heterocycles. The molecular weight excluding hydrogens is 243 g/mol. The van der Waals surface area contributed by atoms with E-state index in [2.05, 4.69) is 0 Å². The van der Waals surface area contributed by atoms with Gasteiger partial charge in [-0.2, -0.15) is 8.78 Å². The van der Waals surface area contributed by atoms with Gasteiger partial charge in [0.15, 0.2) is 11.6 Å². The molecule has 1 nitrogen and oxygen atoms in total. The van der Waals surface area contributed by atoms with Gasteiger partial charge in [-0.15, -0.1) is 0 Å². The lowest BCUT2D eigenvalue weighted by Gasteiger charge is -2.08. The number of rotatable bonds is 1. The van der Waals surface area contributed by atoms with Crippen molar-refractivity contribution in [1.29, 1.82) is 0 Å². The van der Waals surface area contributed by atoms with E-state index in [1.165, 1.54) is 12.1 Å². The molecule has 6 heteroatoms. The van der Waals surface area contributed by atoms with Crippen LogP contribution in [0.3, 0.4) is 0 Å². The van der Waals surface area contributed by atoms with Gasteiger partial charge in [0.25, 0.3) is 0 Å². The quantitative estimate of drug-likeness (QED) is 0.747. The van der Waals surface area contributed by atoms with Crippen molar-refractivity contribution in [3.63, 3.8) is 0 Å². The molecule has 1 aromatic carbocycles. The molecule has 0 spiro atoms. The lowest BCUT2D eigenvalue weighted by atomic mass is 10.1. The second-order valence-corrected chi connectivity index (χ2v) is 3.41. The van der Waals surface area contributed by atoms with Crippen LogP contribution in [0, 0.1) is 5.82 Å². The fourth-order valence-electron chi connectivity index (χ4n) is 1.52. The van der Waals surface area contributed by atoms with Crippen LogP contribution in [-0.4, -0.2) is 11.0 Å². The Labute approximate surface area is 92.5 Å². The minimum absolute atomic E-state index is 0.616. The molecule has 0 atom stereocenters. The maximum absolute atomic E-state index is 13.3. The number of halogens is 5. The van der Waals surface area contributed by atoms with Crippen LogP contribution in [0.4, 0.5) is 22.0 Å². The van der Waals surface area contributed by atoms with Crippen LogP contribution in [-0.2, 0) is 0 Å². The molecule has 2 rings (SSSR count). The summed E-state index contributed by atoms with van der Waals surface area (Å²) in [5.74, 6) is -11.7. The lowest BCUT2D eigenvalue weighted by Crippen LogP contribution is -2.17. The number of alkyl halides is 2. The molecule has 1 aliphatic carbocycles. The number of aliphatic hydroxyl groups excluding tert-OH is 1. The predicted octanol–water partition coefficient (Wildman–Crippen LogP) is 3.89. The normalized spacial score (nSPS) is 19.1. The molecule has 0 saturated heterocycles. The van der Waals surface area contributed by atoms with Gasteiger partial charge >= 0.3 is 5.92 Å². The van der Waals surface area contributed by atoms with Crippen LogP contribution in [0.1, 0.15) is 5.56 Å². The maximum atomic E-state index is 13.3. The summed E-state index contributed by atoms with van der Waals surface area (Å²) in [7, 11) is 0. The van der Waals surface area contributed by atoms with E-state index in [4.69, 9.17) is 5.11 Å². The molecule has 0 unspecified atom stereocenters. The Morgan fingerprint density at radius 2 is 1.59 bits per heavy atom. The fourth-order valence-corrected chi connectivity index (χ4v) is 1.52. The highest BCUT2D eigenvalue weighted by Gasteiger charge is 2.52. The van der Waals surface area contributed by atoms with Crippen LogP contribution >= 0.6 is 0 Å². The molecule has 0 radical (unpaired) electrons. The van der Waals surface area contributed by atoms with Crippen LogP contribution in [0.15, 0.2) is 41.7 Å². The van der Waals surface area contributed by atoms with E-state index in [9.17, 15) is 22.0 Å². The van der Waals surface area contributed by atoms with Gasteiger partial charge < -0.3 is 5.11 Å². The van der Waals surface area contributed by atoms with Crippen molar-refractivity contribution in [1.82, 2.24) is 0 Å². The van der Waals surface area contributed by atoms with Crippen molar-refractivity contribution in [3.05, 3.63) is 53.1 Å². The third-order valence-electron chi connectivity index (χ3n) is 2.37. The smallest absolute Gasteiger partial charge is 0.358 e. The van der Waals surface area contributed by atoms with E-state index in [-0.39, 0.29) is 0 Å². The van der Waals surface area contributed by atoms with Gasteiger partial charge in [0, 0.05) is 5.56 Å². The van der Waals surface area contributed by atoms with E-state index in [0.717, 1.165) is 12.1 Å². The van der Waals surface area contributed by atoms with Crippen LogP contribution < -0.4 is 0 Å². The zero-order chi connectivity index (χ0) is 12.8. The summed E-state index contributed by atoms with van der Waals surface area (Å²) in [6.45, 7) is 0. The summed E-state index contributed by atoms with van der Waals surface area (Å²) in [5.41, 5.74) is -1.76. The molecule has 0 amide bonds. The Balaban J connectivity index is 2.69. The first-order chi connectivity index (χ1) is 7.87. The zero-order valence-corrected chi connectivity index (χ0v) is 8.15. The Kier molecular flexibility index (Phi) is 2.45. The highest BCUT2D eigenvalue weighted by molar-refractivity contribution is 5.84. The van der Waals surface area contributed by atoms with Gasteiger partial charge in [0.05, 0.1) is 5.57 Å². The summed E-state index contributed by atoms with van der Waals surface area (Å²) in [5, 5.41) is 9.08. The second kappa shape index (κ2) is 3.58. The van der Waals surface area contributed by atoms with Crippen molar-refractivity contribution >= 4 is 5.57 Å². The molecule has 1 aliphatic rings. The number of aliphatic hydroxyl groups is 1. The Morgan fingerprint density at radius 3 is 2.06 bits per heavy atom. The van der Waals surface area contributed by atoms with E-state index in [1.807, 2.05) is 0 Å². The first kappa shape index (κ1) is 11.6. The van der Waals surface area contributed by atoms with Crippen molar-refractivity contribution in [2.45, 2.75) is 5.92 Å². The molecule has 0 aromatic heterocycles. The fraction of sp³-hybridized carbons (Fsp3) is 0.0909. The largest absolute Gasteiger partial charge is 0.505 e. The molecule has 0 aliphatic heterocycles. The molecular formula is C11H5F5O. The van der Waals surface area contributed by atoms with Gasteiger partial charge in [0.1, 0.15) is 5.82 Å². The molecule has 0 bridgehead atoms. The Bertz CT molecular complexity index is 545. The van der Waals surface area contributed by atoms with Crippen molar-refractivity contribution in [3.8, 4) is 0 Å². The van der Waals surface area contributed by atoms with Crippen molar-refractivity contribution in [2.24, 2.45) is 0 Å². The van der Waals surface area contributed by atoms with Crippen LogP contribution in [0.5, 0.6) is 0 Å². The minimum Gasteiger partial charge on any atom is -0.505 e. The van der Waals surface area contributed by atoms with E-state index < -0.39 is 40.3 Å². The van der Waals surface area contributed by atoms with Crippen molar-refractivity contribution in [2.75, 3.05) is 0 Å². The van der Waals surface area contributed by atoms with Crippen molar-refractivity contribution < 1.29 is 27.1 Å². The van der Waals surface area contributed by atoms with E-state index in [0.29, 0.717) is 0 Å². The molecule has 1 aromatic rings. The summed E-state index contributed by atoms with van der Waals surface area (Å²) in [6, 6.07) is 4.36. The zero-order valence-electron chi connectivity index (χ0n) is 8.15. The SMILES string of the molecule is OC1=C(c2ccccc2F)C(F)=C(F)C1(F)F. The number of benzene rings is 1. The molecule has 0 fully saturated rings. The van der Waals surface area contributed by atoms with Crippen LogP contribution in [0.2, 0.25) is 0 Å². The highest BCUT2D eigenvalue weighted by Crippen LogP contribution is 2.48. The maximum Gasteiger partial charge on any atom is 0.358 e. The van der Waals surface area contributed by atoms with Gasteiger partial charge in [-0.3, -0.25) is 0 Å². The number of hydrogen-bond donors (Lipinski definition) is 1. The van der Waals surface area contributed by atoms with Crippen LogP contribution in [0.25, 0.3) is 5.57 Å². The predicted molar refractivity (Wildman–Crippen MR) is 50.1 cm³/mol. The first-order valence-electron chi connectivity index (χ1n) is 4.50. The average molecular weight is 248 g/mol. The van der Waals surface area contributed by atoms with Gasteiger partial charge in [-0.25, -0.2) is 13.2 Å². The van der Waals surface area contributed by atoms with Gasteiger partial charge in [-0.05, 0) is 6.07 Å². The van der Waals surface area contributed by atoms with E-state index in [1.54, 1.807) is 0 Å². The third-order valence-corrected chi connectivity index (χ3v) is 2.37. The topological polar surface area (TPSA) is 20.2 Å². The minimum atomic E-state index is -4.44. The summed E-state index contributed by atoms with van der Waals surface area (Å²) < 4.78 is 65.2. The number of hydrogen-bond acceptors (Lipinski definition) is 1. The molecule has 90 valence electrons. The average Bonchev–Trinajstić information content (AvgIpc) is 2.43. The first-order valence-corrected chi connectivity index (χ1v) is 4.50. The molecule has 17 heavy (non-hydrogen) atoms. The molecule has 1 N–H and O–H groups in total. The summed E-state index contributed by atoms with van der Waals surface area (Å²) in [6.07, 6.45) is 0. The highest BCUT2D eigenvalue weighted by atomic mass is 19.3. The summed E-state index contributed by atoms with van der Waals surface area (Å²) >= 11 is 0. The monoisotopic (exact) mass is 248 g/mol. The Hall–Kier alpha value is -1.85. The second-order valence-electron chi connectivity index (χ2n) is 3.41. The van der Waals surface area contributed by atoms with Gasteiger partial charge in [-0.1, -0.05) is 18.2 Å². The number of allylic oxidation sites excluding steroid dienone is 3. The van der Waals surface area contributed by atoms with Gasteiger partial charge in [0.2, 0.25) is 5.83 Å². The molecule has 0 saturated carbocycles. The lowest BCUT2D eigenvalue weighted by molar-refractivity contribution is 0.0198. The Morgan fingerprint density at radius 1 is 1.00 bits per heavy atom.